The molecule has 2 saturated heterocycles. The molecule has 0 aliphatic carbocycles. The number of hydrogen-bond acceptors (Lipinski definition) is 5. The van der Waals surface area contributed by atoms with Crippen LogP contribution >= 0.6 is 24.0 Å². The summed E-state index contributed by atoms with van der Waals surface area (Å²) in [7, 11) is 1.89. The molecule has 1 aromatic heterocycles. The van der Waals surface area contributed by atoms with Crippen LogP contribution in [0.15, 0.2) is 21.8 Å². The summed E-state index contributed by atoms with van der Waals surface area (Å²) >= 11 is 0. The second-order valence-electron chi connectivity index (χ2n) is 7.87. The zero-order chi connectivity index (χ0) is 18.4. The van der Waals surface area contributed by atoms with Crippen molar-refractivity contribution in [3.8, 4) is 0 Å². The number of piperazine rings is 1. The molecule has 0 bridgehead atoms. The molecule has 0 spiro atoms. The van der Waals surface area contributed by atoms with Crippen LogP contribution in [0.5, 0.6) is 0 Å². The highest BCUT2D eigenvalue weighted by Crippen LogP contribution is 2.18. The molecular weight excluding hydrogens is 455 g/mol. The van der Waals surface area contributed by atoms with Crippen LogP contribution in [0.4, 0.5) is 0 Å². The molecular formula is C19H35IN6O. The summed E-state index contributed by atoms with van der Waals surface area (Å²) in [4.78, 5) is 12.0. The Bertz CT molecular complexity index is 557. The van der Waals surface area contributed by atoms with Crippen LogP contribution in [0.3, 0.4) is 0 Å². The molecule has 2 fully saturated rings. The average Bonchev–Trinajstić information content (AvgIpc) is 3.28. The monoisotopic (exact) mass is 490 g/mol. The van der Waals surface area contributed by atoms with Crippen molar-refractivity contribution in [3.63, 3.8) is 0 Å². The quantitative estimate of drug-likeness (QED) is 0.375. The lowest BCUT2D eigenvalue weighted by atomic mass is 10.1. The summed E-state index contributed by atoms with van der Waals surface area (Å²) < 4.78 is 4.93. The molecule has 2 aliphatic heterocycles. The lowest BCUT2D eigenvalue weighted by molar-refractivity contribution is 0.167. The summed E-state index contributed by atoms with van der Waals surface area (Å²) in [5, 5.41) is 7.64. The molecule has 7 nitrogen and oxygen atoms in total. The topological polar surface area (TPSA) is 60.1 Å². The van der Waals surface area contributed by atoms with E-state index in [1.807, 2.05) is 13.1 Å². The van der Waals surface area contributed by atoms with E-state index in [1.54, 1.807) is 6.26 Å². The van der Waals surface area contributed by atoms with Gasteiger partial charge in [-0.05, 0) is 25.3 Å². The van der Waals surface area contributed by atoms with Crippen LogP contribution in [0.25, 0.3) is 0 Å². The Morgan fingerprint density at radius 3 is 2.70 bits per heavy atom. The molecule has 2 aliphatic rings. The third kappa shape index (κ3) is 6.60. The Morgan fingerprint density at radius 1 is 1.30 bits per heavy atom. The fraction of sp³-hybridized carbons (Fsp3) is 0.789. The van der Waals surface area contributed by atoms with Crippen molar-refractivity contribution < 1.29 is 4.52 Å². The Morgan fingerprint density at radius 2 is 2.07 bits per heavy atom. The molecule has 27 heavy (non-hydrogen) atoms. The maximum atomic E-state index is 4.93. The smallest absolute Gasteiger partial charge is 0.193 e. The fourth-order valence-corrected chi connectivity index (χ4v) is 4.04. The Balaban J connectivity index is 0.00000261. The van der Waals surface area contributed by atoms with E-state index >= 15 is 0 Å². The van der Waals surface area contributed by atoms with E-state index in [4.69, 9.17) is 4.52 Å². The first-order valence-corrected chi connectivity index (χ1v) is 9.97. The van der Waals surface area contributed by atoms with E-state index in [9.17, 15) is 0 Å². The first-order valence-electron chi connectivity index (χ1n) is 9.97. The van der Waals surface area contributed by atoms with Gasteiger partial charge in [0.1, 0.15) is 6.26 Å². The maximum Gasteiger partial charge on any atom is 0.193 e. The number of aromatic nitrogens is 1. The highest BCUT2D eigenvalue weighted by molar-refractivity contribution is 14.0. The third-order valence-corrected chi connectivity index (χ3v) is 5.36. The molecule has 0 aromatic carbocycles. The highest BCUT2D eigenvalue weighted by atomic mass is 127. The Labute approximate surface area is 180 Å². The van der Waals surface area contributed by atoms with E-state index in [-0.39, 0.29) is 24.0 Å². The molecule has 0 radical (unpaired) electrons. The van der Waals surface area contributed by atoms with Crippen LogP contribution in [0, 0.1) is 5.92 Å². The number of nitrogens with one attached hydrogen (secondary N) is 1. The number of halogens is 1. The molecule has 8 heteroatoms. The number of rotatable bonds is 6. The van der Waals surface area contributed by atoms with E-state index in [2.05, 4.69) is 44.0 Å². The fourth-order valence-electron chi connectivity index (χ4n) is 4.04. The number of guanidine groups is 1. The van der Waals surface area contributed by atoms with Gasteiger partial charge in [-0.25, -0.2) is 0 Å². The first-order chi connectivity index (χ1) is 12.7. The molecule has 0 amide bonds. The van der Waals surface area contributed by atoms with Gasteiger partial charge in [-0.1, -0.05) is 19.0 Å². The van der Waals surface area contributed by atoms with Crippen molar-refractivity contribution in [1.29, 1.82) is 0 Å². The largest absolute Gasteiger partial charge is 0.364 e. The van der Waals surface area contributed by atoms with Crippen molar-refractivity contribution >= 4 is 29.9 Å². The third-order valence-electron chi connectivity index (χ3n) is 5.36. The van der Waals surface area contributed by atoms with Crippen molar-refractivity contribution in [2.75, 3.05) is 52.9 Å². The molecule has 3 heterocycles. The van der Waals surface area contributed by atoms with Crippen LogP contribution in [0.1, 0.15) is 32.4 Å². The maximum absolute atomic E-state index is 4.93. The summed E-state index contributed by atoms with van der Waals surface area (Å²) in [6.07, 6.45) is 4.25. The van der Waals surface area contributed by atoms with Crippen molar-refractivity contribution in [2.45, 2.75) is 39.3 Å². The van der Waals surface area contributed by atoms with Gasteiger partial charge in [-0.3, -0.25) is 14.8 Å². The minimum Gasteiger partial charge on any atom is -0.364 e. The van der Waals surface area contributed by atoms with Gasteiger partial charge in [0.15, 0.2) is 5.96 Å². The lowest BCUT2D eigenvalue weighted by Gasteiger charge is -2.36. The summed E-state index contributed by atoms with van der Waals surface area (Å²) in [6.45, 7) is 13.0. The van der Waals surface area contributed by atoms with Gasteiger partial charge in [0.2, 0.25) is 0 Å². The SMILES string of the molecule is CN=C(NC[C@H]1CCCN1CC(C)C)N1CCN(Cc2ccon2)CC1.I. The molecule has 1 N–H and O–H groups in total. The zero-order valence-corrected chi connectivity index (χ0v) is 19.3. The van der Waals surface area contributed by atoms with E-state index < -0.39 is 0 Å². The Hall–Kier alpha value is -0.870. The Kier molecular flexibility index (Phi) is 9.31. The zero-order valence-electron chi connectivity index (χ0n) is 16.9. The number of aliphatic imine (C=N–C) groups is 1. The predicted molar refractivity (Wildman–Crippen MR) is 120 cm³/mol. The van der Waals surface area contributed by atoms with Crippen molar-refractivity contribution in [2.24, 2.45) is 10.9 Å². The van der Waals surface area contributed by atoms with Crippen LogP contribution in [0.2, 0.25) is 0 Å². The predicted octanol–water partition coefficient (Wildman–Crippen LogP) is 2.11. The van der Waals surface area contributed by atoms with Gasteiger partial charge in [-0.15, -0.1) is 24.0 Å². The van der Waals surface area contributed by atoms with Gasteiger partial charge in [0.25, 0.3) is 0 Å². The lowest BCUT2D eigenvalue weighted by Crippen LogP contribution is -2.53. The molecule has 154 valence electrons. The van der Waals surface area contributed by atoms with Gasteiger partial charge < -0.3 is 14.7 Å². The van der Waals surface area contributed by atoms with Crippen LogP contribution < -0.4 is 5.32 Å². The molecule has 0 unspecified atom stereocenters. The summed E-state index contributed by atoms with van der Waals surface area (Å²) in [5.41, 5.74) is 1.01. The first kappa shape index (κ1) is 22.4. The highest BCUT2D eigenvalue weighted by Gasteiger charge is 2.26. The number of nitrogens with zero attached hydrogens (tertiary/aromatic N) is 5. The minimum absolute atomic E-state index is 0. The van der Waals surface area contributed by atoms with E-state index in [1.165, 1.54) is 25.9 Å². The van der Waals surface area contributed by atoms with Gasteiger partial charge in [-0.2, -0.15) is 0 Å². The van der Waals surface area contributed by atoms with Crippen LogP contribution in [-0.2, 0) is 6.54 Å². The second kappa shape index (κ2) is 11.2. The molecule has 1 aromatic rings. The molecule has 1 atom stereocenters. The van der Waals surface area contributed by atoms with Crippen LogP contribution in [-0.4, -0.2) is 84.7 Å². The average molecular weight is 490 g/mol. The number of hydrogen-bond donors (Lipinski definition) is 1. The second-order valence-corrected chi connectivity index (χ2v) is 7.87. The number of likely N-dealkylation sites (tertiary alicyclic amines) is 1. The van der Waals surface area contributed by atoms with Crippen molar-refractivity contribution in [1.82, 2.24) is 25.2 Å². The van der Waals surface area contributed by atoms with E-state index in [0.717, 1.165) is 56.8 Å². The van der Waals surface area contributed by atoms with E-state index in [0.29, 0.717) is 6.04 Å². The molecule has 3 rings (SSSR count). The summed E-state index contributed by atoms with van der Waals surface area (Å²) in [6, 6.07) is 2.58. The van der Waals surface area contributed by atoms with Gasteiger partial charge in [0, 0.05) is 65.0 Å². The van der Waals surface area contributed by atoms with Crippen molar-refractivity contribution in [3.05, 3.63) is 18.0 Å². The van der Waals surface area contributed by atoms with Gasteiger partial charge >= 0.3 is 0 Å². The molecule has 0 saturated carbocycles. The standard InChI is InChI=1S/C19H34N6O.HI/c1-16(2)14-25-7-4-5-18(25)13-21-19(20-3)24-10-8-23(9-11-24)15-17-6-12-26-22-17;/h6,12,16,18H,4-5,7-11,13-15H2,1-3H3,(H,20,21);1H/t18-;/m1./s1. The minimum atomic E-state index is 0. The normalized spacial score (nSPS) is 22.3. The van der Waals surface area contributed by atoms with Gasteiger partial charge in [0.05, 0.1) is 5.69 Å². The summed E-state index contributed by atoms with van der Waals surface area (Å²) in [5.74, 6) is 1.77.